The van der Waals surface area contributed by atoms with E-state index in [1.165, 1.54) is 13.8 Å². The van der Waals surface area contributed by atoms with Crippen molar-refractivity contribution < 1.29 is 137 Å². The van der Waals surface area contributed by atoms with Crippen LogP contribution in [0.25, 0.3) is 0 Å². The molecule has 0 aliphatic carbocycles. The molecule has 0 aromatic rings. The van der Waals surface area contributed by atoms with Gasteiger partial charge in [-0.2, -0.15) is 33.9 Å². The molecule has 22 N–H and O–H groups in total. The van der Waals surface area contributed by atoms with Gasteiger partial charge in [0.2, 0.25) is 35.4 Å². The maximum absolute atomic E-state index is 13.8. The Morgan fingerprint density at radius 3 is 1.21 bits per heavy atom. The van der Waals surface area contributed by atoms with E-state index in [4.69, 9.17) is 10.2 Å². The molecular formula is C34H57N8O27P2+3. The lowest BCUT2D eigenvalue weighted by Gasteiger charge is -2.29. The molecule has 7 amide bonds. The third-order valence-electron chi connectivity index (χ3n) is 9.01. The molecule has 402 valence electrons. The molecular weight excluding hydrogens is 1010 g/mol. The number of hydrogen-bond acceptors (Lipinski definition) is 21. The second-order valence-electron chi connectivity index (χ2n) is 15.3. The van der Waals surface area contributed by atoms with Crippen LogP contribution in [-0.2, 0) is 71.4 Å². The van der Waals surface area contributed by atoms with E-state index in [-0.39, 0.29) is 0 Å². The summed E-state index contributed by atoms with van der Waals surface area (Å²) in [5, 5.41) is 69.2. The number of carbonyl (C=O) groups excluding carboxylic acids is 7. The van der Waals surface area contributed by atoms with E-state index < -0.39 is 205 Å². The fraction of sp³-hybridized carbons (Fsp3) is 0.618. The summed E-state index contributed by atoms with van der Waals surface area (Å²) in [5.74, 6) is -21.4. The van der Waals surface area contributed by atoms with Crippen molar-refractivity contribution in [3.8, 4) is 0 Å². The number of carbonyl (C=O) groups is 13. The van der Waals surface area contributed by atoms with Crippen LogP contribution in [0.1, 0.15) is 65.7 Å². The maximum atomic E-state index is 13.8. The van der Waals surface area contributed by atoms with E-state index >= 15 is 0 Å². The molecule has 35 nitrogen and oxygen atoms in total. The highest BCUT2D eigenvalue weighted by atomic mass is 31.2. The van der Waals surface area contributed by atoms with Crippen molar-refractivity contribution >= 4 is 93.5 Å². The fourth-order valence-corrected chi connectivity index (χ4v) is 6.49. The van der Waals surface area contributed by atoms with Crippen molar-refractivity contribution in [3.63, 3.8) is 0 Å². The molecule has 37 heteroatoms. The Kier molecular flexibility index (Phi) is 27.0. The molecule has 0 aromatic heterocycles. The molecule has 0 rings (SSSR count). The van der Waals surface area contributed by atoms with Crippen LogP contribution < -0.4 is 43.0 Å². The Morgan fingerprint density at radius 2 is 0.803 bits per heavy atom. The third kappa shape index (κ3) is 27.0. The number of hydrogen-bond donors (Lipinski definition) is 20. The minimum absolute atomic E-state index is 0.645. The molecule has 9 atom stereocenters. The quantitative estimate of drug-likeness (QED) is 0.0266. The van der Waals surface area contributed by atoms with Crippen molar-refractivity contribution in [2.45, 2.75) is 120 Å². The van der Waals surface area contributed by atoms with Gasteiger partial charge in [-0.3, -0.25) is 57.5 Å². The van der Waals surface area contributed by atoms with Crippen LogP contribution in [0.4, 0.5) is 0 Å². The molecule has 0 saturated carbocycles. The first-order chi connectivity index (χ1) is 32.4. The minimum atomic E-state index is -5.39. The molecule has 0 aromatic carbocycles. The smallest absolute Gasteiger partial charge is 0.481 e. The average molecular weight is 1070 g/mol. The molecule has 0 heterocycles. The molecule has 0 bridgehead atoms. The van der Waals surface area contributed by atoms with Crippen molar-refractivity contribution in [2.75, 3.05) is 6.61 Å². The van der Waals surface area contributed by atoms with E-state index in [1.807, 2.05) is 21.3 Å². The van der Waals surface area contributed by atoms with Crippen LogP contribution in [0.3, 0.4) is 0 Å². The van der Waals surface area contributed by atoms with Gasteiger partial charge in [0.1, 0.15) is 61.4 Å². The molecule has 0 radical (unpaired) electrons. The monoisotopic (exact) mass is 1070 g/mol. The highest BCUT2D eigenvalue weighted by molar-refractivity contribution is 7.53. The van der Waals surface area contributed by atoms with Gasteiger partial charge in [-0.05, 0) is 25.7 Å². The lowest BCUT2D eigenvalue weighted by molar-refractivity contribution is -0.403. The number of carboxylic acids is 6. The fourth-order valence-electron chi connectivity index (χ4n) is 5.57. The van der Waals surface area contributed by atoms with E-state index in [0.717, 1.165) is 6.92 Å². The van der Waals surface area contributed by atoms with Crippen LogP contribution in [0.5, 0.6) is 0 Å². The zero-order chi connectivity index (χ0) is 55.3. The van der Waals surface area contributed by atoms with Gasteiger partial charge in [-0.1, -0.05) is 13.8 Å². The first-order valence-electron chi connectivity index (χ1n) is 20.2. The number of carboxylic acid groups (broad SMARTS) is 6. The number of aliphatic carboxylic acids is 6. The SMILES string of the molecule is CC(C)[C@H](NC(=O)[C@H](CC(=O)O)NC(=O)[C@@H](NC(=O)[C@H](CC(=O)O)NC(=O)[C@H](CO[P+](O)(O)O)NC(=O)[C@@H]([NH3+])CC(=O)O)[C@@H](C)O[P+](O)(O)O)C(=O)N[C@@H](CCC(=O)O)C(=O)N[C@@H](CCC(=O)O)C(=O)O. The molecule has 0 saturated heterocycles. The number of nitrogens with one attached hydrogen (secondary N) is 7. The zero-order valence-electron chi connectivity index (χ0n) is 37.5. The number of amides is 7. The van der Waals surface area contributed by atoms with Crippen LogP contribution >= 0.6 is 16.3 Å². The lowest BCUT2D eigenvalue weighted by atomic mass is 10.0. The van der Waals surface area contributed by atoms with Crippen LogP contribution in [0, 0.1) is 5.92 Å². The molecule has 0 spiro atoms. The predicted octanol–water partition coefficient (Wildman–Crippen LogP) is -8.38. The van der Waals surface area contributed by atoms with Crippen molar-refractivity contribution in [3.05, 3.63) is 0 Å². The summed E-state index contributed by atoms with van der Waals surface area (Å²) in [6, 6.07) is -16.5. The standard InChI is InChI=1S/C34H54N8O27P2/c1-12(2)25(32(58)36-15(4-6-20(43)44)28(54)37-16(34(60)61)5-7-21(45)46)41-29(55)18(10-24(51)52)39-33(59)26(13(3)69-71(65,66)67)42-30(56)17(9-23(49)50)38-31(57)19(11-68-70(62,63)64)40-27(53)14(35)8-22(47)48/h12-19,25-26,62-67H,4-11,35H2,1-3H3,(H11-2,36,37,38,39,40,41,42,43,44,45,46,47,48,49,50,51,52,53,54,55,56,57,58,59,60,61)/p+3/t13-,14+,15+,16+,17+,18+,19+,25+,26+/m1/s1. The van der Waals surface area contributed by atoms with Crippen molar-refractivity contribution in [1.29, 1.82) is 0 Å². The third-order valence-corrected chi connectivity index (χ3v) is 10.1. The summed E-state index contributed by atoms with van der Waals surface area (Å²) in [6.45, 7) is 1.99. The second-order valence-corrected chi connectivity index (χ2v) is 17.9. The molecule has 71 heavy (non-hydrogen) atoms. The van der Waals surface area contributed by atoms with Gasteiger partial charge in [0.25, 0.3) is 5.91 Å². The summed E-state index contributed by atoms with van der Waals surface area (Å²) in [7, 11) is -10.6. The summed E-state index contributed by atoms with van der Waals surface area (Å²) in [6.07, 6.45) is -8.76. The Morgan fingerprint density at radius 1 is 0.437 bits per heavy atom. The predicted molar refractivity (Wildman–Crippen MR) is 227 cm³/mol. The normalized spacial score (nSPS) is 15.3. The lowest BCUT2D eigenvalue weighted by Crippen LogP contribution is -2.70. The zero-order valence-corrected chi connectivity index (χ0v) is 39.3. The van der Waals surface area contributed by atoms with Gasteiger partial charge >= 0.3 is 52.2 Å². The summed E-state index contributed by atoms with van der Waals surface area (Å²) in [4.78, 5) is 219. The van der Waals surface area contributed by atoms with Crippen LogP contribution in [-0.4, -0.2) is 198 Å². The van der Waals surface area contributed by atoms with Gasteiger partial charge in [0.15, 0.2) is 6.04 Å². The van der Waals surface area contributed by atoms with E-state index in [1.54, 1.807) is 5.32 Å². The van der Waals surface area contributed by atoms with Crippen LogP contribution in [0.15, 0.2) is 0 Å². The van der Waals surface area contributed by atoms with Gasteiger partial charge in [-0.15, -0.1) is 4.52 Å². The first-order valence-corrected chi connectivity index (χ1v) is 23.3. The van der Waals surface area contributed by atoms with Gasteiger partial charge in [0, 0.05) is 12.8 Å². The number of quaternary nitrogens is 1. The maximum Gasteiger partial charge on any atom is 0.567 e. The topological polar surface area (TPSA) is 595 Å². The largest absolute Gasteiger partial charge is 0.567 e. The van der Waals surface area contributed by atoms with E-state index in [9.17, 15) is 112 Å². The molecule has 0 unspecified atom stereocenters. The Balaban J connectivity index is 6.90. The number of rotatable bonds is 34. The molecule has 0 aliphatic heterocycles. The molecule has 0 fully saturated rings. The van der Waals surface area contributed by atoms with Crippen LogP contribution in [0.2, 0.25) is 0 Å². The summed E-state index contributed by atoms with van der Waals surface area (Å²) < 4.78 is 8.91. The van der Waals surface area contributed by atoms with Gasteiger partial charge in [0.05, 0.1) is 12.8 Å². The summed E-state index contributed by atoms with van der Waals surface area (Å²) in [5.41, 5.74) is 3.26. The van der Waals surface area contributed by atoms with Gasteiger partial charge in [-0.25, -0.2) is 4.79 Å². The molecule has 0 aliphatic rings. The average Bonchev–Trinajstić information content (AvgIpc) is 3.20. The highest BCUT2D eigenvalue weighted by Crippen LogP contribution is 2.47. The van der Waals surface area contributed by atoms with Crippen molar-refractivity contribution in [2.24, 2.45) is 5.92 Å². The summed E-state index contributed by atoms with van der Waals surface area (Å²) >= 11 is 0. The van der Waals surface area contributed by atoms with Crippen molar-refractivity contribution in [1.82, 2.24) is 37.2 Å². The Hall–Kier alpha value is -6.39. The first kappa shape index (κ1) is 64.6. The van der Waals surface area contributed by atoms with E-state index in [2.05, 4.69) is 25.4 Å². The van der Waals surface area contributed by atoms with Gasteiger partial charge < -0.3 is 73.6 Å². The Labute approximate surface area is 400 Å². The highest BCUT2D eigenvalue weighted by Gasteiger charge is 2.44. The minimum Gasteiger partial charge on any atom is -0.481 e. The van der Waals surface area contributed by atoms with E-state index in [0.29, 0.717) is 0 Å². The Bertz CT molecular complexity index is 1980. The second kappa shape index (κ2) is 29.7.